The van der Waals surface area contributed by atoms with Crippen molar-refractivity contribution in [3.8, 4) is 5.88 Å². The predicted octanol–water partition coefficient (Wildman–Crippen LogP) is 3.98. The summed E-state index contributed by atoms with van der Waals surface area (Å²) in [6.45, 7) is 5.96. The zero-order valence-electron chi connectivity index (χ0n) is 16.3. The van der Waals surface area contributed by atoms with Gasteiger partial charge in [-0.3, -0.25) is 4.79 Å². The molecule has 158 valence electrons. The lowest BCUT2D eigenvalue weighted by atomic mass is 10.0. The van der Waals surface area contributed by atoms with Crippen LogP contribution >= 0.6 is 11.3 Å². The van der Waals surface area contributed by atoms with Crippen molar-refractivity contribution in [1.82, 2.24) is 19.4 Å². The molecular weight excluding hydrogens is 412 g/mol. The van der Waals surface area contributed by atoms with Crippen molar-refractivity contribution < 1.29 is 18.3 Å². The molecule has 4 heterocycles. The van der Waals surface area contributed by atoms with Crippen molar-refractivity contribution in [2.24, 2.45) is 0 Å². The van der Waals surface area contributed by atoms with Crippen LogP contribution in [0.3, 0.4) is 0 Å². The maximum atomic E-state index is 13.0. The van der Waals surface area contributed by atoms with E-state index < -0.39 is 13.0 Å². The topological polar surface area (TPSA) is 72.3 Å². The first-order valence-electron chi connectivity index (χ1n) is 9.48. The number of ether oxygens (including phenoxy) is 1. The van der Waals surface area contributed by atoms with Crippen molar-refractivity contribution in [2.45, 2.75) is 32.4 Å². The number of nitrogens with one attached hydrogen (secondary N) is 1. The summed E-state index contributed by atoms with van der Waals surface area (Å²) < 4.78 is 33.4. The Morgan fingerprint density at radius 1 is 1.53 bits per heavy atom. The highest BCUT2D eigenvalue weighted by atomic mass is 32.1. The van der Waals surface area contributed by atoms with Crippen molar-refractivity contribution in [2.75, 3.05) is 18.5 Å². The molecule has 1 fully saturated rings. The standard InChI is InChI=1S/C20H21F2N5O2S/c1-3-18(28)27-7-4-13(27)11-29-19-14-5-6-26(10-16(21)22)15(14)8-17(24-19)25-20-23-9-12(2)30-20/h3,5-6,8-9,13,16H,1,4,7,10-11H2,2H3,(H,23,24,25)/t13-/m1/s1. The van der Waals surface area contributed by atoms with Gasteiger partial charge in [0.2, 0.25) is 11.8 Å². The molecular formula is C20H21F2N5O2S. The van der Waals surface area contributed by atoms with Crippen LogP contribution in [-0.4, -0.2) is 51.0 Å². The first-order chi connectivity index (χ1) is 14.4. The van der Waals surface area contributed by atoms with Gasteiger partial charge in [-0.1, -0.05) is 6.58 Å². The van der Waals surface area contributed by atoms with E-state index in [1.54, 1.807) is 29.4 Å². The third kappa shape index (κ3) is 4.13. The number of alkyl halides is 2. The van der Waals surface area contributed by atoms with Crippen molar-refractivity contribution >= 4 is 39.1 Å². The fourth-order valence-corrected chi connectivity index (χ4v) is 4.03. The number of hydrogen-bond donors (Lipinski definition) is 1. The van der Waals surface area contributed by atoms with Gasteiger partial charge in [-0.15, -0.1) is 11.3 Å². The number of nitrogens with zero attached hydrogens (tertiary/aromatic N) is 4. The van der Waals surface area contributed by atoms with Crippen molar-refractivity contribution in [3.05, 3.63) is 42.1 Å². The minimum absolute atomic E-state index is 0.0614. The highest BCUT2D eigenvalue weighted by Gasteiger charge is 2.31. The summed E-state index contributed by atoms with van der Waals surface area (Å²) in [5.41, 5.74) is 0.587. The summed E-state index contributed by atoms with van der Waals surface area (Å²) in [4.78, 5) is 23.4. The number of amides is 1. The van der Waals surface area contributed by atoms with Gasteiger partial charge in [0.15, 0.2) is 5.13 Å². The molecule has 4 rings (SSSR count). The third-order valence-corrected chi connectivity index (χ3v) is 5.77. The smallest absolute Gasteiger partial charge is 0.256 e. The van der Waals surface area contributed by atoms with Gasteiger partial charge in [0, 0.05) is 29.9 Å². The molecule has 1 aliphatic rings. The summed E-state index contributed by atoms with van der Waals surface area (Å²) in [7, 11) is 0. The Morgan fingerprint density at radius 2 is 2.37 bits per heavy atom. The highest BCUT2D eigenvalue weighted by molar-refractivity contribution is 7.15. The van der Waals surface area contributed by atoms with Crippen LogP contribution < -0.4 is 10.1 Å². The van der Waals surface area contributed by atoms with Gasteiger partial charge in [-0.2, -0.15) is 4.98 Å². The van der Waals surface area contributed by atoms with Crippen LogP contribution in [0, 0.1) is 6.92 Å². The number of likely N-dealkylation sites (tertiary alicyclic amines) is 1. The number of anilines is 2. The number of hydrogen-bond acceptors (Lipinski definition) is 6. The number of halogens is 2. The second-order valence-corrected chi connectivity index (χ2v) is 8.23. The number of thiazole rings is 1. The molecule has 7 nitrogen and oxygen atoms in total. The minimum atomic E-state index is -2.48. The summed E-state index contributed by atoms with van der Waals surface area (Å²) >= 11 is 1.46. The summed E-state index contributed by atoms with van der Waals surface area (Å²) in [5, 5.41) is 4.41. The van der Waals surface area contributed by atoms with Gasteiger partial charge in [0.25, 0.3) is 6.43 Å². The van der Waals surface area contributed by atoms with Crippen LogP contribution in [0.1, 0.15) is 11.3 Å². The normalized spacial score (nSPS) is 16.0. The molecule has 0 spiro atoms. The number of rotatable bonds is 8. The van der Waals surface area contributed by atoms with E-state index in [1.807, 2.05) is 6.92 Å². The maximum Gasteiger partial charge on any atom is 0.256 e. The molecule has 0 aromatic carbocycles. The Labute approximate surface area is 176 Å². The van der Waals surface area contributed by atoms with Crippen LogP contribution in [0.2, 0.25) is 0 Å². The zero-order valence-corrected chi connectivity index (χ0v) is 17.2. The molecule has 0 saturated carbocycles. The van der Waals surface area contributed by atoms with Crippen LogP contribution in [-0.2, 0) is 11.3 Å². The lowest BCUT2D eigenvalue weighted by Crippen LogP contribution is -2.53. The molecule has 1 saturated heterocycles. The molecule has 1 aliphatic heterocycles. The second-order valence-electron chi connectivity index (χ2n) is 6.99. The van der Waals surface area contributed by atoms with Crippen LogP contribution in [0.4, 0.5) is 19.7 Å². The lowest BCUT2D eigenvalue weighted by Gasteiger charge is -2.39. The van der Waals surface area contributed by atoms with Gasteiger partial charge in [-0.25, -0.2) is 13.8 Å². The number of carbonyl (C=O) groups excluding carboxylic acids is 1. The number of carbonyl (C=O) groups is 1. The predicted molar refractivity (Wildman–Crippen MR) is 112 cm³/mol. The SMILES string of the molecule is C=CC(=O)N1CC[C@@H]1COc1nc(Nc2ncc(C)s2)cc2c1ccn2CC(F)F. The third-order valence-electron chi connectivity index (χ3n) is 4.94. The fourth-order valence-electron chi connectivity index (χ4n) is 3.36. The first kappa shape index (κ1) is 20.3. The quantitative estimate of drug-likeness (QED) is 0.544. The Morgan fingerprint density at radius 3 is 3.00 bits per heavy atom. The molecule has 30 heavy (non-hydrogen) atoms. The number of pyridine rings is 1. The van der Waals surface area contributed by atoms with E-state index in [1.165, 1.54) is 22.0 Å². The Hall–Kier alpha value is -3.01. The Bertz CT molecular complexity index is 1080. The summed E-state index contributed by atoms with van der Waals surface area (Å²) in [6, 6.07) is 3.36. The van der Waals surface area contributed by atoms with E-state index in [0.717, 1.165) is 11.3 Å². The van der Waals surface area contributed by atoms with Gasteiger partial charge in [0.1, 0.15) is 12.4 Å². The van der Waals surface area contributed by atoms with Crippen molar-refractivity contribution in [3.63, 3.8) is 0 Å². The maximum absolute atomic E-state index is 13.0. The monoisotopic (exact) mass is 433 g/mol. The number of aromatic nitrogens is 3. The highest BCUT2D eigenvalue weighted by Crippen LogP contribution is 2.31. The molecule has 0 radical (unpaired) electrons. The molecule has 0 aliphatic carbocycles. The first-order valence-corrected chi connectivity index (χ1v) is 10.3. The molecule has 0 unspecified atom stereocenters. The molecule has 1 N–H and O–H groups in total. The van der Waals surface area contributed by atoms with Crippen LogP contribution in [0.15, 0.2) is 37.2 Å². The zero-order chi connectivity index (χ0) is 21.3. The molecule has 3 aromatic heterocycles. The van der Waals surface area contributed by atoms with E-state index in [9.17, 15) is 13.6 Å². The van der Waals surface area contributed by atoms with E-state index >= 15 is 0 Å². The summed E-state index contributed by atoms with van der Waals surface area (Å²) in [6.07, 6.45) is 2.97. The molecule has 1 amide bonds. The van der Waals surface area contributed by atoms with Crippen LogP contribution in [0.25, 0.3) is 10.9 Å². The van der Waals surface area contributed by atoms with E-state index in [4.69, 9.17) is 4.74 Å². The van der Waals surface area contributed by atoms with Gasteiger partial charge >= 0.3 is 0 Å². The van der Waals surface area contributed by atoms with Gasteiger partial charge in [-0.05, 0) is 25.5 Å². The van der Waals surface area contributed by atoms with Crippen LogP contribution in [0.5, 0.6) is 5.88 Å². The summed E-state index contributed by atoms with van der Waals surface area (Å²) in [5.74, 6) is 0.647. The number of fused-ring (bicyclic) bond motifs is 1. The molecule has 10 heteroatoms. The lowest BCUT2D eigenvalue weighted by molar-refractivity contribution is -0.134. The van der Waals surface area contributed by atoms with Gasteiger partial charge in [0.05, 0.1) is 23.5 Å². The average Bonchev–Trinajstić information content (AvgIpc) is 3.26. The van der Waals surface area contributed by atoms with E-state index in [2.05, 4.69) is 21.9 Å². The molecule has 1 atom stereocenters. The van der Waals surface area contributed by atoms with E-state index in [0.29, 0.717) is 34.3 Å². The Balaban J connectivity index is 1.62. The second kappa shape index (κ2) is 8.39. The van der Waals surface area contributed by atoms with Gasteiger partial charge < -0.3 is 19.5 Å². The number of aryl methyl sites for hydroxylation is 1. The average molecular weight is 433 g/mol. The molecule has 0 bridgehead atoms. The minimum Gasteiger partial charge on any atom is -0.475 e. The molecule has 3 aromatic rings. The largest absolute Gasteiger partial charge is 0.475 e. The Kier molecular flexibility index (Phi) is 5.67. The fraction of sp³-hybridized carbons (Fsp3) is 0.350. The van der Waals surface area contributed by atoms with Crippen molar-refractivity contribution in [1.29, 1.82) is 0 Å². The van der Waals surface area contributed by atoms with E-state index in [-0.39, 0.29) is 18.6 Å².